The summed E-state index contributed by atoms with van der Waals surface area (Å²) in [7, 11) is 0. The lowest BCUT2D eigenvalue weighted by molar-refractivity contribution is -0.146. The second kappa shape index (κ2) is 5.38. The van der Waals surface area contributed by atoms with Crippen molar-refractivity contribution in [2.45, 2.75) is 18.4 Å². The van der Waals surface area contributed by atoms with Crippen LogP contribution in [0.1, 0.15) is 5.56 Å². The molecule has 3 rings (SSSR count). The first-order chi connectivity index (χ1) is 10.8. The average molecular weight is 327 g/mol. The van der Waals surface area contributed by atoms with Crippen molar-refractivity contribution in [3.8, 4) is 0 Å². The molecule has 0 aromatic heterocycles. The van der Waals surface area contributed by atoms with E-state index in [1.54, 1.807) is 12.2 Å². The number of nitrogens with one attached hydrogen (secondary N) is 1. The molecular formula is C15H12F3NO4. The van der Waals surface area contributed by atoms with Crippen LogP contribution in [0.2, 0.25) is 0 Å². The topological polar surface area (TPSA) is 75.6 Å². The lowest BCUT2D eigenvalue weighted by Crippen LogP contribution is -2.39. The zero-order valence-electron chi connectivity index (χ0n) is 11.6. The summed E-state index contributed by atoms with van der Waals surface area (Å²) < 4.78 is 42.9. The molecular weight excluding hydrogens is 315 g/mol. The maximum atomic E-state index is 12.5. The van der Waals surface area contributed by atoms with Crippen LogP contribution in [-0.4, -0.2) is 29.2 Å². The van der Waals surface area contributed by atoms with Crippen molar-refractivity contribution in [3.63, 3.8) is 0 Å². The summed E-state index contributed by atoms with van der Waals surface area (Å²) in [4.78, 5) is 23.6. The number of rotatable bonds is 3. The third kappa shape index (κ3) is 2.81. The maximum absolute atomic E-state index is 12.5. The molecule has 0 unspecified atom stereocenters. The highest BCUT2D eigenvalue weighted by Crippen LogP contribution is 2.40. The first-order valence-corrected chi connectivity index (χ1v) is 6.82. The fourth-order valence-electron chi connectivity index (χ4n) is 2.88. The van der Waals surface area contributed by atoms with E-state index in [-0.39, 0.29) is 5.69 Å². The molecule has 23 heavy (non-hydrogen) atoms. The van der Waals surface area contributed by atoms with Crippen LogP contribution >= 0.6 is 0 Å². The summed E-state index contributed by atoms with van der Waals surface area (Å²) >= 11 is 0. The van der Waals surface area contributed by atoms with Gasteiger partial charge in [0, 0.05) is 5.69 Å². The number of carbonyl (C=O) groups is 2. The minimum absolute atomic E-state index is 0.166. The third-order valence-corrected chi connectivity index (χ3v) is 3.97. The molecule has 1 fully saturated rings. The van der Waals surface area contributed by atoms with Crippen LogP contribution in [0.3, 0.4) is 0 Å². The van der Waals surface area contributed by atoms with Gasteiger partial charge in [0.1, 0.15) is 5.92 Å². The number of benzene rings is 1. The van der Waals surface area contributed by atoms with Gasteiger partial charge in [-0.25, -0.2) is 0 Å². The molecule has 1 saturated heterocycles. The summed E-state index contributed by atoms with van der Waals surface area (Å²) in [5.41, 5.74) is -0.663. The quantitative estimate of drug-likeness (QED) is 0.835. The van der Waals surface area contributed by atoms with E-state index in [1.165, 1.54) is 0 Å². The number of carboxylic acid groups (broad SMARTS) is 1. The Hall–Kier alpha value is -2.35. The number of hydrogen-bond acceptors (Lipinski definition) is 3. The fourth-order valence-corrected chi connectivity index (χ4v) is 2.88. The van der Waals surface area contributed by atoms with E-state index in [0.717, 1.165) is 24.3 Å². The van der Waals surface area contributed by atoms with Gasteiger partial charge in [0.05, 0.1) is 23.7 Å². The summed E-state index contributed by atoms with van der Waals surface area (Å²) in [5, 5.41) is 11.7. The highest BCUT2D eigenvalue weighted by Gasteiger charge is 2.53. The minimum Gasteiger partial charge on any atom is -0.481 e. The van der Waals surface area contributed by atoms with Gasteiger partial charge < -0.3 is 15.2 Å². The van der Waals surface area contributed by atoms with Gasteiger partial charge in [-0.15, -0.1) is 0 Å². The molecule has 1 amide bonds. The Morgan fingerprint density at radius 1 is 1.04 bits per heavy atom. The van der Waals surface area contributed by atoms with Gasteiger partial charge in [-0.3, -0.25) is 9.59 Å². The normalized spacial score (nSPS) is 28.8. The number of aliphatic carboxylic acids is 1. The van der Waals surface area contributed by atoms with Crippen LogP contribution in [0, 0.1) is 11.8 Å². The Bertz CT molecular complexity index is 668. The summed E-state index contributed by atoms with van der Waals surface area (Å²) in [5.74, 6) is -3.65. The second-order valence-electron chi connectivity index (χ2n) is 5.40. The summed E-state index contributed by atoms with van der Waals surface area (Å²) in [6.45, 7) is 0. The lowest BCUT2D eigenvalue weighted by atomic mass is 9.82. The van der Waals surface area contributed by atoms with Gasteiger partial charge in [-0.1, -0.05) is 12.2 Å². The van der Waals surface area contributed by atoms with Gasteiger partial charge in [-0.2, -0.15) is 13.2 Å². The first kappa shape index (κ1) is 15.5. The van der Waals surface area contributed by atoms with Crippen LogP contribution in [0.4, 0.5) is 18.9 Å². The molecule has 0 aliphatic carbocycles. The highest BCUT2D eigenvalue weighted by molar-refractivity contribution is 5.96. The number of anilines is 1. The number of carboxylic acids is 1. The molecule has 1 aromatic carbocycles. The Morgan fingerprint density at radius 2 is 1.61 bits per heavy atom. The van der Waals surface area contributed by atoms with Crippen LogP contribution < -0.4 is 5.32 Å². The van der Waals surface area contributed by atoms with Crippen LogP contribution in [0.5, 0.6) is 0 Å². The molecule has 2 bridgehead atoms. The largest absolute Gasteiger partial charge is 0.481 e. The van der Waals surface area contributed by atoms with Crippen LogP contribution in [0.15, 0.2) is 36.4 Å². The van der Waals surface area contributed by atoms with E-state index in [1.807, 2.05) is 0 Å². The van der Waals surface area contributed by atoms with Gasteiger partial charge in [0.2, 0.25) is 5.91 Å². The fraction of sp³-hybridized carbons (Fsp3) is 0.333. The van der Waals surface area contributed by atoms with Crippen molar-refractivity contribution in [1.82, 2.24) is 0 Å². The molecule has 8 heteroatoms. The van der Waals surface area contributed by atoms with Gasteiger partial charge >= 0.3 is 12.1 Å². The number of hydrogen-bond donors (Lipinski definition) is 2. The number of ether oxygens (including phenoxy) is 1. The number of amides is 1. The first-order valence-electron chi connectivity index (χ1n) is 6.82. The SMILES string of the molecule is O=C(O)[C@@H]1[C@H](C(=O)Nc2ccc(C(F)(F)F)cc2)[C@@H]2C=C[C@H]1O2. The number of halogens is 3. The third-order valence-electron chi connectivity index (χ3n) is 3.97. The molecule has 0 spiro atoms. The summed E-state index contributed by atoms with van der Waals surface area (Å²) in [6.07, 6.45) is -2.51. The Balaban J connectivity index is 1.74. The van der Waals surface area contributed by atoms with Crippen molar-refractivity contribution in [1.29, 1.82) is 0 Å². The molecule has 2 aliphatic heterocycles. The Kier molecular flexibility index (Phi) is 3.63. The second-order valence-corrected chi connectivity index (χ2v) is 5.40. The zero-order chi connectivity index (χ0) is 16.8. The molecule has 2 N–H and O–H groups in total. The average Bonchev–Trinajstić information content (AvgIpc) is 3.07. The monoisotopic (exact) mass is 327 g/mol. The summed E-state index contributed by atoms with van der Waals surface area (Å²) in [6, 6.07) is 3.95. The molecule has 0 radical (unpaired) electrons. The van der Waals surface area contributed by atoms with E-state index in [2.05, 4.69) is 5.32 Å². The van der Waals surface area contributed by atoms with E-state index in [9.17, 15) is 27.9 Å². The van der Waals surface area contributed by atoms with Crippen LogP contribution in [-0.2, 0) is 20.5 Å². The van der Waals surface area contributed by atoms with E-state index in [4.69, 9.17) is 4.74 Å². The number of carbonyl (C=O) groups excluding carboxylic acids is 1. The van der Waals surface area contributed by atoms with E-state index >= 15 is 0 Å². The molecule has 122 valence electrons. The van der Waals surface area contributed by atoms with Gasteiger partial charge in [0.15, 0.2) is 0 Å². The van der Waals surface area contributed by atoms with Gasteiger partial charge in [-0.05, 0) is 24.3 Å². The predicted octanol–water partition coefficient (Wildman–Crippen LogP) is 2.30. The molecule has 4 atom stereocenters. The molecule has 1 aromatic rings. The van der Waals surface area contributed by atoms with Crippen molar-refractivity contribution in [2.24, 2.45) is 11.8 Å². The Labute approximate surface area is 128 Å². The molecule has 2 heterocycles. The number of fused-ring (bicyclic) bond motifs is 2. The van der Waals surface area contributed by atoms with Crippen molar-refractivity contribution < 1.29 is 32.6 Å². The van der Waals surface area contributed by atoms with Crippen LogP contribution in [0.25, 0.3) is 0 Å². The van der Waals surface area contributed by atoms with Crippen molar-refractivity contribution in [2.75, 3.05) is 5.32 Å². The molecule has 5 nitrogen and oxygen atoms in total. The smallest absolute Gasteiger partial charge is 0.416 e. The minimum atomic E-state index is -4.46. The predicted molar refractivity (Wildman–Crippen MR) is 72.5 cm³/mol. The zero-order valence-corrected chi connectivity index (χ0v) is 11.6. The molecule has 2 aliphatic rings. The van der Waals surface area contributed by atoms with Gasteiger partial charge in [0.25, 0.3) is 0 Å². The highest BCUT2D eigenvalue weighted by atomic mass is 19.4. The van der Waals surface area contributed by atoms with E-state index < -0.39 is 47.7 Å². The maximum Gasteiger partial charge on any atom is 0.416 e. The molecule has 0 saturated carbocycles. The van der Waals surface area contributed by atoms with E-state index in [0.29, 0.717) is 0 Å². The number of alkyl halides is 3. The Morgan fingerprint density at radius 3 is 2.13 bits per heavy atom. The van der Waals surface area contributed by atoms with Crippen molar-refractivity contribution >= 4 is 17.6 Å². The van der Waals surface area contributed by atoms with Crippen molar-refractivity contribution in [3.05, 3.63) is 42.0 Å². The lowest BCUT2D eigenvalue weighted by Gasteiger charge is -2.21. The standard InChI is InChI=1S/C15H12F3NO4/c16-15(17,18)7-1-3-8(4-2-7)19-13(20)11-9-5-6-10(23-9)12(11)14(21)22/h1-6,9-12H,(H,19,20)(H,21,22)/t9-,10+,11+,12-/m0/s1.